The first-order valence-corrected chi connectivity index (χ1v) is 9.72. The van der Waals surface area contributed by atoms with Crippen LogP contribution >= 0.6 is 0 Å². The molecular formula is C23H29NO3. The minimum Gasteiger partial charge on any atom is -0.486 e. The number of hydrogen-bond acceptors (Lipinski definition) is 3. The van der Waals surface area contributed by atoms with Crippen molar-refractivity contribution in [2.24, 2.45) is 0 Å². The minimum atomic E-state index is -0.186. The van der Waals surface area contributed by atoms with Gasteiger partial charge in [-0.05, 0) is 41.7 Å². The maximum atomic E-state index is 12.3. The minimum absolute atomic E-state index is 0.0835. The van der Waals surface area contributed by atoms with E-state index >= 15 is 0 Å². The van der Waals surface area contributed by atoms with Gasteiger partial charge in [-0.2, -0.15) is 0 Å². The zero-order valence-corrected chi connectivity index (χ0v) is 16.5. The quantitative estimate of drug-likeness (QED) is 0.803. The van der Waals surface area contributed by atoms with E-state index in [4.69, 9.17) is 9.47 Å². The molecule has 4 nitrogen and oxygen atoms in total. The molecule has 144 valence electrons. The summed E-state index contributed by atoms with van der Waals surface area (Å²) < 4.78 is 11.3. The number of aryl methyl sites for hydroxylation is 2. The van der Waals surface area contributed by atoms with Crippen LogP contribution in [0.1, 0.15) is 43.9 Å². The van der Waals surface area contributed by atoms with Gasteiger partial charge < -0.3 is 14.8 Å². The molecule has 2 aromatic carbocycles. The smallest absolute Gasteiger partial charge is 0.220 e. The van der Waals surface area contributed by atoms with E-state index in [0.29, 0.717) is 26.2 Å². The van der Waals surface area contributed by atoms with Gasteiger partial charge in [0.15, 0.2) is 11.5 Å². The molecule has 1 amide bonds. The lowest BCUT2D eigenvalue weighted by Crippen LogP contribution is -2.36. The Bertz CT molecular complexity index is 781. The fourth-order valence-corrected chi connectivity index (χ4v) is 3.17. The van der Waals surface area contributed by atoms with Gasteiger partial charge in [0.25, 0.3) is 0 Å². The molecular weight excluding hydrogens is 338 g/mol. The van der Waals surface area contributed by atoms with E-state index < -0.39 is 0 Å². The van der Waals surface area contributed by atoms with Crippen LogP contribution in [-0.2, 0) is 23.1 Å². The summed E-state index contributed by atoms with van der Waals surface area (Å²) in [4.78, 5) is 12.3. The van der Waals surface area contributed by atoms with Crippen molar-refractivity contribution in [1.29, 1.82) is 0 Å². The van der Waals surface area contributed by atoms with E-state index in [9.17, 15) is 4.79 Å². The SMILES string of the molecule is CCc1ccc(CCC(=O)NCC(C)(C)c2ccc3c(c2)OCCO3)cc1. The molecule has 4 heteroatoms. The van der Waals surface area contributed by atoms with E-state index in [2.05, 4.69) is 56.4 Å². The summed E-state index contributed by atoms with van der Waals surface area (Å²) in [6.45, 7) is 8.15. The van der Waals surface area contributed by atoms with Crippen molar-refractivity contribution in [1.82, 2.24) is 5.32 Å². The Morgan fingerprint density at radius 2 is 1.67 bits per heavy atom. The average Bonchev–Trinajstić information content (AvgIpc) is 2.70. The predicted molar refractivity (Wildman–Crippen MR) is 108 cm³/mol. The van der Waals surface area contributed by atoms with Gasteiger partial charge in [0.1, 0.15) is 13.2 Å². The molecule has 0 radical (unpaired) electrons. The van der Waals surface area contributed by atoms with Crippen LogP contribution in [0.2, 0.25) is 0 Å². The summed E-state index contributed by atoms with van der Waals surface area (Å²) in [7, 11) is 0. The topological polar surface area (TPSA) is 47.6 Å². The van der Waals surface area contributed by atoms with E-state index in [-0.39, 0.29) is 11.3 Å². The lowest BCUT2D eigenvalue weighted by Gasteiger charge is -2.28. The van der Waals surface area contributed by atoms with Gasteiger partial charge in [0.2, 0.25) is 5.91 Å². The number of benzene rings is 2. The van der Waals surface area contributed by atoms with Crippen molar-refractivity contribution in [2.45, 2.75) is 45.4 Å². The molecule has 0 spiro atoms. The van der Waals surface area contributed by atoms with Crippen LogP contribution in [0.4, 0.5) is 0 Å². The predicted octanol–water partition coefficient (Wildman–Crippen LogP) is 4.05. The maximum absolute atomic E-state index is 12.3. The second-order valence-corrected chi connectivity index (χ2v) is 7.69. The third-order valence-corrected chi connectivity index (χ3v) is 5.12. The monoisotopic (exact) mass is 367 g/mol. The van der Waals surface area contributed by atoms with Gasteiger partial charge in [0, 0.05) is 18.4 Å². The summed E-state index contributed by atoms with van der Waals surface area (Å²) in [6, 6.07) is 14.5. The lowest BCUT2D eigenvalue weighted by molar-refractivity contribution is -0.121. The normalized spacial score (nSPS) is 13.3. The highest BCUT2D eigenvalue weighted by molar-refractivity contribution is 5.76. The number of amides is 1. The fourth-order valence-electron chi connectivity index (χ4n) is 3.17. The number of ether oxygens (including phenoxy) is 2. The molecule has 1 aliphatic rings. The third-order valence-electron chi connectivity index (χ3n) is 5.12. The van der Waals surface area contributed by atoms with Crippen molar-refractivity contribution in [3.63, 3.8) is 0 Å². The van der Waals surface area contributed by atoms with E-state index in [0.717, 1.165) is 29.9 Å². The zero-order valence-electron chi connectivity index (χ0n) is 16.5. The molecule has 0 fully saturated rings. The molecule has 2 aromatic rings. The van der Waals surface area contributed by atoms with Crippen LogP contribution < -0.4 is 14.8 Å². The Kier molecular flexibility index (Phi) is 6.04. The number of carbonyl (C=O) groups excluding carboxylic acids is 1. The van der Waals surface area contributed by atoms with Gasteiger partial charge in [-0.25, -0.2) is 0 Å². The molecule has 1 heterocycles. The van der Waals surface area contributed by atoms with E-state index in [1.54, 1.807) is 0 Å². The van der Waals surface area contributed by atoms with Crippen LogP contribution in [-0.4, -0.2) is 25.7 Å². The molecule has 0 saturated carbocycles. The van der Waals surface area contributed by atoms with Gasteiger partial charge in [-0.1, -0.05) is 51.1 Å². The Hall–Kier alpha value is -2.49. The largest absolute Gasteiger partial charge is 0.486 e. The molecule has 1 N–H and O–H groups in total. The van der Waals surface area contributed by atoms with Crippen molar-refractivity contribution >= 4 is 5.91 Å². The maximum Gasteiger partial charge on any atom is 0.220 e. The number of hydrogen-bond donors (Lipinski definition) is 1. The lowest BCUT2D eigenvalue weighted by atomic mass is 9.84. The van der Waals surface area contributed by atoms with E-state index in [1.807, 2.05) is 12.1 Å². The van der Waals surface area contributed by atoms with Gasteiger partial charge in [-0.3, -0.25) is 4.79 Å². The second-order valence-electron chi connectivity index (χ2n) is 7.69. The molecule has 0 atom stereocenters. The van der Waals surface area contributed by atoms with Gasteiger partial charge in [-0.15, -0.1) is 0 Å². The summed E-state index contributed by atoms with van der Waals surface area (Å²) in [6.07, 6.45) is 2.30. The molecule has 0 aliphatic carbocycles. The number of fused-ring (bicyclic) bond motifs is 1. The van der Waals surface area contributed by atoms with Crippen molar-refractivity contribution in [3.8, 4) is 11.5 Å². The van der Waals surface area contributed by atoms with Gasteiger partial charge >= 0.3 is 0 Å². The van der Waals surface area contributed by atoms with Crippen LogP contribution in [0, 0.1) is 0 Å². The molecule has 0 saturated heterocycles. The molecule has 27 heavy (non-hydrogen) atoms. The Morgan fingerprint density at radius 1 is 1.00 bits per heavy atom. The number of carbonyl (C=O) groups is 1. The highest BCUT2D eigenvalue weighted by Gasteiger charge is 2.24. The summed E-state index contributed by atoms with van der Waals surface area (Å²) in [5, 5.41) is 3.08. The summed E-state index contributed by atoms with van der Waals surface area (Å²) in [5.74, 6) is 1.66. The molecule has 0 unspecified atom stereocenters. The number of rotatable bonds is 7. The first-order chi connectivity index (χ1) is 13.0. The Balaban J connectivity index is 1.52. The van der Waals surface area contributed by atoms with Crippen LogP contribution in [0.3, 0.4) is 0 Å². The highest BCUT2D eigenvalue weighted by Crippen LogP contribution is 2.34. The van der Waals surface area contributed by atoms with Gasteiger partial charge in [0.05, 0.1) is 0 Å². The highest BCUT2D eigenvalue weighted by atomic mass is 16.6. The zero-order chi connectivity index (χ0) is 19.3. The summed E-state index contributed by atoms with van der Waals surface area (Å²) >= 11 is 0. The molecule has 0 aromatic heterocycles. The molecule has 0 bridgehead atoms. The van der Waals surface area contributed by atoms with Crippen molar-refractivity contribution in [2.75, 3.05) is 19.8 Å². The average molecular weight is 367 g/mol. The Morgan fingerprint density at radius 3 is 2.37 bits per heavy atom. The Labute approximate surface area is 161 Å². The van der Waals surface area contributed by atoms with Crippen LogP contribution in [0.15, 0.2) is 42.5 Å². The molecule has 3 rings (SSSR count). The fraction of sp³-hybridized carbons (Fsp3) is 0.435. The van der Waals surface area contributed by atoms with Crippen molar-refractivity contribution in [3.05, 3.63) is 59.2 Å². The van der Waals surface area contributed by atoms with Crippen molar-refractivity contribution < 1.29 is 14.3 Å². The standard InChI is InChI=1S/C23H29NO3/c1-4-17-5-7-18(8-6-17)9-12-22(25)24-16-23(2,3)19-10-11-20-21(15-19)27-14-13-26-20/h5-8,10-11,15H,4,9,12-14,16H2,1-3H3,(H,24,25). The third kappa shape index (κ3) is 5.03. The number of nitrogens with one attached hydrogen (secondary N) is 1. The van der Waals surface area contributed by atoms with E-state index in [1.165, 1.54) is 11.1 Å². The first kappa shape index (κ1) is 19.3. The van der Waals surface area contributed by atoms with Crippen LogP contribution in [0.5, 0.6) is 11.5 Å². The molecule has 1 aliphatic heterocycles. The summed E-state index contributed by atoms with van der Waals surface area (Å²) in [5.41, 5.74) is 3.47. The second kappa shape index (κ2) is 8.47. The van der Waals surface area contributed by atoms with Crippen LogP contribution in [0.25, 0.3) is 0 Å². The first-order valence-electron chi connectivity index (χ1n) is 9.72.